The van der Waals surface area contributed by atoms with Gasteiger partial charge in [0.2, 0.25) is 5.91 Å². The Bertz CT molecular complexity index is 606. The van der Waals surface area contributed by atoms with E-state index in [1.807, 2.05) is 12.1 Å². The molecule has 0 saturated heterocycles. The fourth-order valence-electron chi connectivity index (χ4n) is 1.89. The van der Waals surface area contributed by atoms with Crippen LogP contribution in [-0.4, -0.2) is 12.5 Å². The van der Waals surface area contributed by atoms with Gasteiger partial charge in [0.25, 0.3) is 0 Å². The summed E-state index contributed by atoms with van der Waals surface area (Å²) in [7, 11) is 0. The number of ether oxygens (including phenoxy) is 1. The third kappa shape index (κ3) is 5.20. The molecule has 4 heteroatoms. The third-order valence-corrected chi connectivity index (χ3v) is 3.00. The predicted octanol–water partition coefficient (Wildman–Crippen LogP) is 4.04. The van der Waals surface area contributed by atoms with Crippen LogP contribution >= 0.6 is 0 Å². The minimum Gasteiger partial charge on any atom is -0.493 e. The van der Waals surface area contributed by atoms with Gasteiger partial charge in [0.15, 0.2) is 0 Å². The molecule has 0 aliphatic rings. The third-order valence-electron chi connectivity index (χ3n) is 3.00. The van der Waals surface area contributed by atoms with Gasteiger partial charge in [-0.2, -0.15) is 0 Å². The van der Waals surface area contributed by atoms with Crippen LogP contribution < -0.4 is 10.1 Å². The van der Waals surface area contributed by atoms with E-state index >= 15 is 0 Å². The van der Waals surface area contributed by atoms with Crippen molar-refractivity contribution in [2.75, 3.05) is 11.9 Å². The number of halogens is 1. The second-order valence-corrected chi connectivity index (χ2v) is 5.58. The summed E-state index contributed by atoms with van der Waals surface area (Å²) in [4.78, 5) is 11.9. The summed E-state index contributed by atoms with van der Waals surface area (Å²) >= 11 is 0. The number of benzene rings is 2. The molecule has 0 aliphatic carbocycles. The van der Waals surface area contributed by atoms with Crippen LogP contribution in [0.4, 0.5) is 10.1 Å². The van der Waals surface area contributed by atoms with E-state index in [1.54, 1.807) is 24.3 Å². The average Bonchev–Trinajstić information content (AvgIpc) is 2.49. The van der Waals surface area contributed by atoms with Crippen LogP contribution in [0.1, 0.15) is 19.4 Å². The van der Waals surface area contributed by atoms with Crippen LogP contribution in [-0.2, 0) is 11.2 Å². The number of hydrogen-bond acceptors (Lipinski definition) is 2. The Hall–Kier alpha value is -2.36. The zero-order valence-corrected chi connectivity index (χ0v) is 12.8. The summed E-state index contributed by atoms with van der Waals surface area (Å²) in [5.41, 5.74) is 1.49. The predicted molar refractivity (Wildman–Crippen MR) is 85.5 cm³/mol. The van der Waals surface area contributed by atoms with Crippen LogP contribution in [0.2, 0.25) is 0 Å². The number of anilines is 1. The highest BCUT2D eigenvalue weighted by atomic mass is 19.1. The lowest BCUT2D eigenvalue weighted by molar-refractivity contribution is -0.115. The Labute approximate surface area is 130 Å². The number of carbonyl (C=O) groups is 1. The monoisotopic (exact) mass is 301 g/mol. The second kappa shape index (κ2) is 7.59. The Morgan fingerprint density at radius 2 is 1.73 bits per heavy atom. The molecule has 116 valence electrons. The van der Waals surface area contributed by atoms with Crippen molar-refractivity contribution in [1.29, 1.82) is 0 Å². The van der Waals surface area contributed by atoms with E-state index < -0.39 is 0 Å². The zero-order valence-electron chi connectivity index (χ0n) is 12.8. The second-order valence-electron chi connectivity index (χ2n) is 5.58. The fraction of sp³-hybridized carbons (Fsp3) is 0.278. The molecule has 3 nitrogen and oxygen atoms in total. The molecular weight excluding hydrogens is 281 g/mol. The molecule has 2 aromatic carbocycles. The van der Waals surface area contributed by atoms with Crippen molar-refractivity contribution < 1.29 is 13.9 Å². The average molecular weight is 301 g/mol. The molecule has 0 atom stereocenters. The molecule has 22 heavy (non-hydrogen) atoms. The molecule has 2 aromatic rings. The van der Waals surface area contributed by atoms with Crippen LogP contribution in [0.5, 0.6) is 5.75 Å². The highest BCUT2D eigenvalue weighted by molar-refractivity contribution is 5.92. The van der Waals surface area contributed by atoms with Crippen molar-refractivity contribution in [3.63, 3.8) is 0 Å². The molecule has 0 saturated carbocycles. The molecule has 1 N–H and O–H groups in total. The van der Waals surface area contributed by atoms with Crippen LogP contribution in [0.3, 0.4) is 0 Å². The minimum atomic E-state index is -0.304. The molecular formula is C18H20FNO2. The number of carbonyl (C=O) groups excluding carboxylic acids is 1. The van der Waals surface area contributed by atoms with Gasteiger partial charge >= 0.3 is 0 Å². The van der Waals surface area contributed by atoms with Crippen LogP contribution in [0.25, 0.3) is 0 Å². The van der Waals surface area contributed by atoms with E-state index in [9.17, 15) is 9.18 Å². The van der Waals surface area contributed by atoms with Crippen molar-refractivity contribution in [3.8, 4) is 5.75 Å². The first-order valence-electron chi connectivity index (χ1n) is 7.30. The maximum Gasteiger partial charge on any atom is 0.228 e. The Kier molecular flexibility index (Phi) is 5.53. The summed E-state index contributed by atoms with van der Waals surface area (Å²) in [5.74, 6) is 0.809. The molecule has 2 rings (SSSR count). The summed E-state index contributed by atoms with van der Waals surface area (Å²) < 4.78 is 18.4. The number of amides is 1. The summed E-state index contributed by atoms with van der Waals surface area (Å²) in [6, 6.07) is 13.2. The first-order valence-corrected chi connectivity index (χ1v) is 7.30. The van der Waals surface area contributed by atoms with Gasteiger partial charge in [-0.3, -0.25) is 4.79 Å². The highest BCUT2D eigenvalue weighted by Gasteiger charge is 2.05. The van der Waals surface area contributed by atoms with Gasteiger partial charge in [0.05, 0.1) is 13.0 Å². The maximum atomic E-state index is 12.8. The first kappa shape index (κ1) is 16.0. The van der Waals surface area contributed by atoms with Gasteiger partial charge < -0.3 is 10.1 Å². The molecule has 0 aromatic heterocycles. The molecule has 0 heterocycles. The molecule has 0 radical (unpaired) electrons. The number of nitrogens with one attached hydrogen (secondary N) is 1. The van der Waals surface area contributed by atoms with Gasteiger partial charge in [0, 0.05) is 5.69 Å². The smallest absolute Gasteiger partial charge is 0.228 e. The molecule has 0 fully saturated rings. The maximum absolute atomic E-state index is 12.8. The topological polar surface area (TPSA) is 38.3 Å². The summed E-state index contributed by atoms with van der Waals surface area (Å²) in [6.07, 6.45) is 0.214. The Morgan fingerprint density at radius 1 is 1.09 bits per heavy atom. The summed E-state index contributed by atoms with van der Waals surface area (Å²) in [6.45, 7) is 4.84. The van der Waals surface area contributed by atoms with E-state index in [1.165, 1.54) is 12.1 Å². The standard InChI is InChI=1S/C18H20FNO2/c1-13(2)12-22-17-9-7-16(8-10-17)20-18(21)11-14-3-5-15(19)6-4-14/h3-10,13H,11-12H2,1-2H3,(H,20,21). The van der Waals surface area contributed by atoms with Crippen molar-refractivity contribution in [1.82, 2.24) is 0 Å². The van der Waals surface area contributed by atoms with Crippen molar-refractivity contribution in [3.05, 3.63) is 59.9 Å². The van der Waals surface area contributed by atoms with Crippen LogP contribution in [0.15, 0.2) is 48.5 Å². The largest absolute Gasteiger partial charge is 0.493 e. The number of hydrogen-bond donors (Lipinski definition) is 1. The van der Waals surface area contributed by atoms with Crippen molar-refractivity contribution >= 4 is 11.6 Å². The lowest BCUT2D eigenvalue weighted by Crippen LogP contribution is -2.14. The molecule has 0 aliphatic heterocycles. The molecule has 1 amide bonds. The van der Waals surface area contributed by atoms with Crippen LogP contribution in [0, 0.1) is 11.7 Å². The highest BCUT2D eigenvalue weighted by Crippen LogP contribution is 2.16. The Morgan fingerprint density at radius 3 is 2.32 bits per heavy atom. The van der Waals surface area contributed by atoms with Gasteiger partial charge in [-0.25, -0.2) is 4.39 Å². The molecule has 0 spiro atoms. The van der Waals surface area contributed by atoms with Crippen molar-refractivity contribution in [2.24, 2.45) is 5.92 Å². The summed E-state index contributed by atoms with van der Waals surface area (Å²) in [5, 5.41) is 2.81. The quantitative estimate of drug-likeness (QED) is 0.874. The first-order chi connectivity index (χ1) is 10.5. The van der Waals surface area contributed by atoms with Gasteiger partial charge in [-0.05, 0) is 47.9 Å². The van der Waals surface area contributed by atoms with Gasteiger partial charge in [-0.1, -0.05) is 26.0 Å². The van der Waals surface area contributed by atoms with Gasteiger partial charge in [-0.15, -0.1) is 0 Å². The Balaban J connectivity index is 1.87. The lowest BCUT2D eigenvalue weighted by atomic mass is 10.1. The molecule has 0 bridgehead atoms. The normalized spacial score (nSPS) is 10.5. The molecule has 0 unspecified atom stereocenters. The zero-order chi connectivity index (χ0) is 15.9. The number of rotatable bonds is 6. The van der Waals surface area contributed by atoms with E-state index in [4.69, 9.17) is 4.74 Å². The SMILES string of the molecule is CC(C)COc1ccc(NC(=O)Cc2ccc(F)cc2)cc1. The van der Waals surface area contributed by atoms with Gasteiger partial charge in [0.1, 0.15) is 11.6 Å². The lowest BCUT2D eigenvalue weighted by Gasteiger charge is -2.10. The van der Waals surface area contributed by atoms with E-state index in [0.29, 0.717) is 18.2 Å². The van der Waals surface area contributed by atoms with E-state index in [0.717, 1.165) is 11.3 Å². The minimum absolute atomic E-state index is 0.137. The fourth-order valence-corrected chi connectivity index (χ4v) is 1.89. The van der Waals surface area contributed by atoms with E-state index in [2.05, 4.69) is 19.2 Å². The van der Waals surface area contributed by atoms with Crippen molar-refractivity contribution in [2.45, 2.75) is 20.3 Å². The van der Waals surface area contributed by atoms with E-state index in [-0.39, 0.29) is 18.1 Å².